The molecule has 4 rings (SSSR count). The summed E-state index contributed by atoms with van der Waals surface area (Å²) in [6.45, 7) is 9.17. The third-order valence-electron chi connectivity index (χ3n) is 7.36. The first-order chi connectivity index (χ1) is 15.3. The van der Waals surface area contributed by atoms with Crippen molar-refractivity contribution < 1.29 is 4.74 Å². The van der Waals surface area contributed by atoms with Crippen LogP contribution in [0.25, 0.3) is 0 Å². The summed E-state index contributed by atoms with van der Waals surface area (Å²) in [6, 6.07) is 9.06. The number of benzene rings is 1. The fourth-order valence-electron chi connectivity index (χ4n) is 5.47. The minimum Gasteiger partial charge on any atom is -0.379 e. The molecule has 2 N–H and O–H groups in total. The van der Waals surface area contributed by atoms with E-state index in [1.165, 1.54) is 69.2 Å². The van der Waals surface area contributed by atoms with Crippen LogP contribution in [0.3, 0.4) is 0 Å². The van der Waals surface area contributed by atoms with E-state index in [-0.39, 0.29) is 29.5 Å². The van der Waals surface area contributed by atoms with Crippen molar-refractivity contribution in [3.63, 3.8) is 0 Å². The second kappa shape index (κ2) is 13.1. The molecule has 1 aromatic rings. The molecule has 180 valence electrons. The van der Waals surface area contributed by atoms with Crippen LogP contribution in [0, 0.1) is 0 Å². The number of guanidine groups is 1. The smallest absolute Gasteiger partial charge is 0.191 e. The van der Waals surface area contributed by atoms with Crippen LogP contribution in [0.4, 0.5) is 0 Å². The molecule has 6 nitrogen and oxygen atoms in total. The maximum absolute atomic E-state index is 5.61. The summed E-state index contributed by atoms with van der Waals surface area (Å²) in [4.78, 5) is 9.72. The van der Waals surface area contributed by atoms with E-state index in [0.717, 1.165) is 51.9 Å². The van der Waals surface area contributed by atoms with E-state index in [9.17, 15) is 0 Å². The minimum atomic E-state index is 0. The lowest BCUT2D eigenvalue weighted by Gasteiger charge is -2.48. The number of aliphatic imine (C=N–C) groups is 1. The van der Waals surface area contributed by atoms with E-state index < -0.39 is 0 Å². The maximum atomic E-state index is 5.61. The van der Waals surface area contributed by atoms with E-state index in [1.807, 2.05) is 7.05 Å². The molecule has 3 fully saturated rings. The van der Waals surface area contributed by atoms with Gasteiger partial charge >= 0.3 is 0 Å². The Hall–Kier alpha value is -0.900. The van der Waals surface area contributed by atoms with Crippen molar-refractivity contribution in [2.75, 3.05) is 53.0 Å². The number of nitrogens with zero attached hydrogens (tertiary/aromatic N) is 3. The van der Waals surface area contributed by atoms with Crippen LogP contribution < -0.4 is 10.6 Å². The van der Waals surface area contributed by atoms with Gasteiger partial charge in [0.2, 0.25) is 0 Å². The molecule has 1 saturated carbocycles. The van der Waals surface area contributed by atoms with Crippen LogP contribution in [0.15, 0.2) is 29.3 Å². The van der Waals surface area contributed by atoms with Gasteiger partial charge in [0.15, 0.2) is 5.96 Å². The van der Waals surface area contributed by atoms with Crippen LogP contribution in [0.2, 0.25) is 0 Å². The molecule has 2 heterocycles. The van der Waals surface area contributed by atoms with Crippen LogP contribution in [0.5, 0.6) is 0 Å². The number of hydrogen-bond acceptors (Lipinski definition) is 4. The number of ether oxygens (including phenoxy) is 1. The van der Waals surface area contributed by atoms with E-state index >= 15 is 0 Å². The molecule has 0 amide bonds. The SMILES string of the molecule is CN=C(NCc1ccc(CN2CCCC2)cc1)NCC1(N2CCOCC2)CCCCC1.I. The predicted molar refractivity (Wildman–Crippen MR) is 143 cm³/mol. The Balaban J connectivity index is 0.00000289. The van der Waals surface area contributed by atoms with Crippen molar-refractivity contribution in [1.29, 1.82) is 0 Å². The average molecular weight is 556 g/mol. The molecule has 2 aliphatic heterocycles. The number of rotatable bonds is 7. The van der Waals surface area contributed by atoms with Crippen molar-refractivity contribution in [2.24, 2.45) is 4.99 Å². The van der Waals surface area contributed by atoms with E-state index in [2.05, 4.69) is 49.7 Å². The van der Waals surface area contributed by atoms with Gasteiger partial charge in [-0.15, -0.1) is 24.0 Å². The Kier molecular flexibility index (Phi) is 10.5. The molecule has 2 saturated heterocycles. The summed E-state index contributed by atoms with van der Waals surface area (Å²) in [5, 5.41) is 7.18. The highest BCUT2D eigenvalue weighted by atomic mass is 127. The normalized spacial score (nSPS) is 22.3. The second-order valence-corrected chi connectivity index (χ2v) is 9.46. The van der Waals surface area contributed by atoms with Gasteiger partial charge < -0.3 is 15.4 Å². The highest BCUT2D eigenvalue weighted by Crippen LogP contribution is 2.33. The molecule has 32 heavy (non-hydrogen) atoms. The molecular weight excluding hydrogens is 513 g/mol. The highest BCUT2D eigenvalue weighted by Gasteiger charge is 2.38. The molecule has 1 aliphatic carbocycles. The zero-order valence-corrected chi connectivity index (χ0v) is 22.1. The van der Waals surface area contributed by atoms with Crippen molar-refractivity contribution in [3.05, 3.63) is 35.4 Å². The standard InChI is InChI=1S/C25H41N5O.HI/c1-26-24(27-19-22-7-9-23(10-8-22)20-29-13-5-6-14-29)28-21-25(11-3-2-4-12-25)30-15-17-31-18-16-30;/h7-10H,2-6,11-21H2,1H3,(H2,26,27,28);1H. The summed E-state index contributed by atoms with van der Waals surface area (Å²) in [6.07, 6.45) is 9.27. The fourth-order valence-corrected chi connectivity index (χ4v) is 5.47. The largest absolute Gasteiger partial charge is 0.379 e. The summed E-state index contributed by atoms with van der Waals surface area (Å²) in [5.74, 6) is 0.902. The number of halogens is 1. The maximum Gasteiger partial charge on any atom is 0.191 e. The third kappa shape index (κ3) is 7.05. The first-order valence-corrected chi connectivity index (χ1v) is 12.3. The van der Waals surface area contributed by atoms with E-state index in [0.29, 0.717) is 0 Å². The third-order valence-corrected chi connectivity index (χ3v) is 7.36. The van der Waals surface area contributed by atoms with Gasteiger partial charge in [-0.05, 0) is 49.9 Å². The van der Waals surface area contributed by atoms with Gasteiger partial charge in [-0.25, -0.2) is 0 Å². The first-order valence-electron chi connectivity index (χ1n) is 12.3. The average Bonchev–Trinajstić information content (AvgIpc) is 3.34. The lowest BCUT2D eigenvalue weighted by Crippen LogP contribution is -2.60. The van der Waals surface area contributed by atoms with Crippen LogP contribution >= 0.6 is 24.0 Å². The highest BCUT2D eigenvalue weighted by molar-refractivity contribution is 14.0. The lowest BCUT2D eigenvalue weighted by atomic mass is 9.80. The van der Waals surface area contributed by atoms with E-state index in [4.69, 9.17) is 4.74 Å². The number of likely N-dealkylation sites (tertiary alicyclic amines) is 1. The Morgan fingerprint density at radius 1 is 0.906 bits per heavy atom. The number of nitrogens with one attached hydrogen (secondary N) is 2. The molecule has 0 unspecified atom stereocenters. The Morgan fingerprint density at radius 3 is 2.22 bits per heavy atom. The van der Waals surface area contributed by atoms with Crippen LogP contribution in [0.1, 0.15) is 56.1 Å². The lowest BCUT2D eigenvalue weighted by molar-refractivity contribution is -0.0352. The molecule has 0 bridgehead atoms. The summed E-state index contributed by atoms with van der Waals surface area (Å²) in [5.41, 5.74) is 2.96. The zero-order valence-electron chi connectivity index (χ0n) is 19.8. The van der Waals surface area contributed by atoms with Crippen molar-refractivity contribution in [1.82, 2.24) is 20.4 Å². The molecular formula is C25H42IN5O. The topological polar surface area (TPSA) is 52.1 Å². The molecule has 0 atom stereocenters. The van der Waals surface area contributed by atoms with Gasteiger partial charge in [-0.3, -0.25) is 14.8 Å². The second-order valence-electron chi connectivity index (χ2n) is 9.46. The van der Waals surface area contributed by atoms with Gasteiger partial charge in [-0.1, -0.05) is 43.5 Å². The van der Waals surface area contributed by atoms with Gasteiger partial charge in [0.25, 0.3) is 0 Å². The molecule has 3 aliphatic rings. The van der Waals surface area contributed by atoms with Crippen LogP contribution in [-0.4, -0.2) is 74.3 Å². The van der Waals surface area contributed by atoms with Crippen molar-refractivity contribution in [2.45, 2.75) is 63.6 Å². The molecule has 7 heteroatoms. The van der Waals surface area contributed by atoms with Crippen molar-refractivity contribution >= 4 is 29.9 Å². The predicted octanol–water partition coefficient (Wildman–Crippen LogP) is 3.60. The molecule has 1 aromatic carbocycles. The van der Waals surface area contributed by atoms with Gasteiger partial charge in [0, 0.05) is 45.3 Å². The van der Waals surface area contributed by atoms with Crippen molar-refractivity contribution in [3.8, 4) is 0 Å². The van der Waals surface area contributed by atoms with E-state index in [1.54, 1.807) is 0 Å². The number of hydrogen-bond donors (Lipinski definition) is 2. The quantitative estimate of drug-likeness (QED) is 0.306. The van der Waals surface area contributed by atoms with Gasteiger partial charge in [0.05, 0.1) is 13.2 Å². The number of morpholine rings is 1. The van der Waals surface area contributed by atoms with Gasteiger partial charge in [0.1, 0.15) is 0 Å². The van der Waals surface area contributed by atoms with Crippen LogP contribution in [-0.2, 0) is 17.8 Å². The minimum absolute atomic E-state index is 0. The molecule has 0 radical (unpaired) electrons. The zero-order chi connectivity index (χ0) is 21.4. The monoisotopic (exact) mass is 555 g/mol. The summed E-state index contributed by atoms with van der Waals surface area (Å²) < 4.78 is 5.61. The Bertz CT molecular complexity index is 693. The van der Waals surface area contributed by atoms with Gasteiger partial charge in [-0.2, -0.15) is 0 Å². The Labute approximate surface area is 211 Å². The first kappa shape index (κ1) is 25.7. The molecule has 0 aromatic heterocycles. The molecule has 0 spiro atoms. The summed E-state index contributed by atoms with van der Waals surface area (Å²) >= 11 is 0. The summed E-state index contributed by atoms with van der Waals surface area (Å²) in [7, 11) is 1.87. The fraction of sp³-hybridized carbons (Fsp3) is 0.720. The Morgan fingerprint density at radius 2 is 1.56 bits per heavy atom.